The summed E-state index contributed by atoms with van der Waals surface area (Å²) in [5, 5.41) is 13.5. The molecule has 26 heavy (non-hydrogen) atoms. The van der Waals surface area contributed by atoms with Crippen LogP contribution in [0.3, 0.4) is 0 Å². The zero-order chi connectivity index (χ0) is 18.9. The van der Waals surface area contributed by atoms with E-state index in [9.17, 15) is 19.7 Å². The van der Waals surface area contributed by atoms with Gasteiger partial charge in [0.05, 0.1) is 10.5 Å². The quantitative estimate of drug-likeness (QED) is 0.272. The van der Waals surface area contributed by atoms with Gasteiger partial charge in [0.15, 0.2) is 5.78 Å². The number of carbonyl (C=O) groups excluding carboxylic acids is 2. The Kier molecular flexibility index (Phi) is 6.56. The standard InChI is InChI=1S/C20H18N2O4/c1-15(23)19(14-17-9-5-11-18(13-17)22(25)26)20(24)21-12-6-10-16-7-3-2-4-8-16/h2-11,13-14H,12H2,1H3,(H,21,24)/b10-6+,19-14-. The largest absolute Gasteiger partial charge is 0.348 e. The molecule has 6 nitrogen and oxygen atoms in total. The summed E-state index contributed by atoms with van der Waals surface area (Å²) in [6.07, 6.45) is 4.99. The van der Waals surface area contributed by atoms with Crippen LogP contribution >= 0.6 is 0 Å². The van der Waals surface area contributed by atoms with Crippen LogP contribution in [0.2, 0.25) is 0 Å². The lowest BCUT2D eigenvalue weighted by Gasteiger charge is -2.05. The van der Waals surface area contributed by atoms with E-state index in [0.29, 0.717) is 5.56 Å². The number of benzene rings is 2. The molecule has 0 bridgehead atoms. The van der Waals surface area contributed by atoms with Crippen molar-refractivity contribution in [3.63, 3.8) is 0 Å². The highest BCUT2D eigenvalue weighted by Gasteiger charge is 2.14. The Labute approximate surface area is 151 Å². The monoisotopic (exact) mass is 350 g/mol. The van der Waals surface area contributed by atoms with Gasteiger partial charge in [-0.25, -0.2) is 0 Å². The highest BCUT2D eigenvalue weighted by Crippen LogP contribution is 2.16. The topological polar surface area (TPSA) is 89.3 Å². The molecule has 0 aromatic heterocycles. The third-order valence-electron chi connectivity index (χ3n) is 3.51. The molecule has 0 saturated heterocycles. The molecule has 0 spiro atoms. The molecule has 1 amide bonds. The number of carbonyl (C=O) groups is 2. The Morgan fingerprint density at radius 2 is 1.77 bits per heavy atom. The predicted molar refractivity (Wildman–Crippen MR) is 100 cm³/mol. The van der Waals surface area contributed by atoms with Gasteiger partial charge in [-0.1, -0.05) is 54.6 Å². The normalized spacial score (nSPS) is 11.3. The number of nitro groups is 1. The number of Topliss-reactive ketones (excluding diaryl/α,β-unsaturated/α-hetero) is 1. The van der Waals surface area contributed by atoms with Gasteiger partial charge in [-0.15, -0.1) is 0 Å². The van der Waals surface area contributed by atoms with E-state index >= 15 is 0 Å². The molecule has 0 aliphatic carbocycles. The second-order valence-corrected chi connectivity index (χ2v) is 5.49. The van der Waals surface area contributed by atoms with E-state index in [1.165, 1.54) is 31.2 Å². The van der Waals surface area contributed by atoms with Crippen LogP contribution in [0.4, 0.5) is 5.69 Å². The number of amides is 1. The number of hydrogen-bond acceptors (Lipinski definition) is 4. The first-order chi connectivity index (χ1) is 12.5. The van der Waals surface area contributed by atoms with Crippen LogP contribution in [0.25, 0.3) is 12.2 Å². The third-order valence-corrected chi connectivity index (χ3v) is 3.51. The first-order valence-electron chi connectivity index (χ1n) is 7.94. The Bertz CT molecular complexity index is 870. The summed E-state index contributed by atoms with van der Waals surface area (Å²) >= 11 is 0. The van der Waals surface area contributed by atoms with E-state index in [4.69, 9.17) is 0 Å². The fourth-order valence-electron chi connectivity index (χ4n) is 2.23. The fraction of sp³-hybridized carbons (Fsp3) is 0.100. The molecule has 0 heterocycles. The van der Waals surface area contributed by atoms with Crippen LogP contribution in [0, 0.1) is 10.1 Å². The molecule has 0 radical (unpaired) electrons. The second-order valence-electron chi connectivity index (χ2n) is 5.49. The molecule has 2 aromatic rings. The summed E-state index contributed by atoms with van der Waals surface area (Å²) in [6, 6.07) is 15.4. The number of non-ortho nitro benzene ring substituents is 1. The number of nitrogens with one attached hydrogen (secondary N) is 1. The summed E-state index contributed by atoms with van der Waals surface area (Å²) in [4.78, 5) is 34.3. The molecule has 132 valence electrons. The number of rotatable bonds is 7. The minimum atomic E-state index is -0.529. The number of ketones is 1. The van der Waals surface area contributed by atoms with Crippen molar-refractivity contribution >= 4 is 29.5 Å². The average molecular weight is 350 g/mol. The van der Waals surface area contributed by atoms with E-state index < -0.39 is 16.6 Å². The van der Waals surface area contributed by atoms with Crippen LogP contribution in [0.1, 0.15) is 18.1 Å². The Morgan fingerprint density at radius 1 is 1.08 bits per heavy atom. The van der Waals surface area contributed by atoms with Gasteiger partial charge in [0.1, 0.15) is 0 Å². The minimum Gasteiger partial charge on any atom is -0.348 e. The predicted octanol–water partition coefficient (Wildman–Crippen LogP) is 3.40. The molecule has 2 aromatic carbocycles. The summed E-state index contributed by atoms with van der Waals surface area (Å²) in [6.45, 7) is 1.54. The molecular weight excluding hydrogens is 332 g/mol. The Balaban J connectivity index is 2.07. The first-order valence-corrected chi connectivity index (χ1v) is 7.94. The van der Waals surface area contributed by atoms with Crippen molar-refractivity contribution in [3.05, 3.63) is 87.5 Å². The summed E-state index contributed by atoms with van der Waals surface area (Å²) < 4.78 is 0. The van der Waals surface area contributed by atoms with Crippen molar-refractivity contribution in [2.45, 2.75) is 6.92 Å². The molecule has 2 rings (SSSR count). The lowest BCUT2D eigenvalue weighted by atomic mass is 10.1. The molecule has 0 saturated carbocycles. The SMILES string of the molecule is CC(=O)/C(=C/c1cccc([N+](=O)[O-])c1)C(=O)NC/C=C/c1ccccc1. The van der Waals surface area contributed by atoms with Gasteiger partial charge in [-0.2, -0.15) is 0 Å². The number of hydrogen-bond donors (Lipinski definition) is 1. The van der Waals surface area contributed by atoms with Gasteiger partial charge in [-0.05, 0) is 24.1 Å². The van der Waals surface area contributed by atoms with Crippen molar-refractivity contribution < 1.29 is 14.5 Å². The second kappa shape index (κ2) is 9.08. The van der Waals surface area contributed by atoms with E-state index in [1.807, 2.05) is 36.4 Å². The van der Waals surface area contributed by atoms with E-state index in [-0.39, 0.29) is 17.8 Å². The van der Waals surface area contributed by atoms with Crippen LogP contribution in [-0.2, 0) is 9.59 Å². The van der Waals surface area contributed by atoms with Gasteiger partial charge < -0.3 is 5.32 Å². The average Bonchev–Trinajstić information content (AvgIpc) is 2.64. The maximum atomic E-state index is 12.3. The summed E-state index contributed by atoms with van der Waals surface area (Å²) in [5.41, 5.74) is 1.26. The van der Waals surface area contributed by atoms with E-state index in [0.717, 1.165) is 5.56 Å². The highest BCUT2D eigenvalue weighted by molar-refractivity contribution is 6.21. The Hall–Kier alpha value is -3.54. The molecule has 6 heteroatoms. The van der Waals surface area contributed by atoms with Crippen LogP contribution < -0.4 is 5.32 Å². The zero-order valence-electron chi connectivity index (χ0n) is 14.2. The number of nitro benzene ring substituents is 1. The summed E-state index contributed by atoms with van der Waals surface area (Å²) in [7, 11) is 0. The lowest BCUT2D eigenvalue weighted by Crippen LogP contribution is -2.27. The third kappa shape index (κ3) is 5.52. The molecule has 0 atom stereocenters. The van der Waals surface area contributed by atoms with E-state index in [2.05, 4.69) is 5.32 Å². The van der Waals surface area contributed by atoms with Crippen LogP contribution in [0.5, 0.6) is 0 Å². The van der Waals surface area contributed by atoms with Gasteiger partial charge in [-0.3, -0.25) is 19.7 Å². The first kappa shape index (κ1) is 18.8. The lowest BCUT2D eigenvalue weighted by molar-refractivity contribution is -0.384. The maximum Gasteiger partial charge on any atom is 0.270 e. The molecule has 0 aliphatic heterocycles. The van der Waals surface area contributed by atoms with Crippen molar-refractivity contribution in [1.82, 2.24) is 5.32 Å². The van der Waals surface area contributed by atoms with Crippen molar-refractivity contribution in [1.29, 1.82) is 0 Å². The smallest absolute Gasteiger partial charge is 0.270 e. The maximum absolute atomic E-state index is 12.3. The van der Waals surface area contributed by atoms with E-state index in [1.54, 1.807) is 12.1 Å². The molecule has 0 aliphatic rings. The molecule has 0 unspecified atom stereocenters. The summed E-state index contributed by atoms with van der Waals surface area (Å²) in [5.74, 6) is -0.942. The Morgan fingerprint density at radius 3 is 2.42 bits per heavy atom. The molecule has 0 fully saturated rings. The number of nitrogens with zero attached hydrogens (tertiary/aromatic N) is 1. The van der Waals surface area contributed by atoms with Gasteiger partial charge >= 0.3 is 0 Å². The minimum absolute atomic E-state index is 0.0568. The highest BCUT2D eigenvalue weighted by atomic mass is 16.6. The van der Waals surface area contributed by atoms with Gasteiger partial charge in [0.2, 0.25) is 0 Å². The zero-order valence-corrected chi connectivity index (χ0v) is 14.2. The van der Waals surface area contributed by atoms with Crippen molar-refractivity contribution in [3.8, 4) is 0 Å². The molecule has 1 N–H and O–H groups in total. The van der Waals surface area contributed by atoms with Crippen LogP contribution in [-0.4, -0.2) is 23.2 Å². The van der Waals surface area contributed by atoms with Gasteiger partial charge in [0, 0.05) is 18.7 Å². The molecular formula is C20H18N2O4. The van der Waals surface area contributed by atoms with Crippen molar-refractivity contribution in [2.75, 3.05) is 6.54 Å². The van der Waals surface area contributed by atoms with Crippen LogP contribution in [0.15, 0.2) is 66.2 Å². The van der Waals surface area contributed by atoms with Crippen molar-refractivity contribution in [2.24, 2.45) is 0 Å². The van der Waals surface area contributed by atoms with Gasteiger partial charge in [0.25, 0.3) is 11.6 Å². The fourth-order valence-corrected chi connectivity index (χ4v) is 2.23.